The first kappa shape index (κ1) is 89.8. The predicted molar refractivity (Wildman–Crippen MR) is 555 cm³/mol. The van der Waals surface area contributed by atoms with Gasteiger partial charge in [-0.15, -0.1) is 47.2 Å². The van der Waals surface area contributed by atoms with Crippen LogP contribution in [0.15, 0.2) is 395 Å². The van der Waals surface area contributed by atoms with E-state index in [2.05, 4.69) is 264 Å². The Kier molecular flexibility index (Phi) is 25.7. The molecule has 2 aliphatic heterocycles. The molecule has 26 rings (SSSR count). The molecule has 0 aliphatic carbocycles. The Balaban J connectivity index is 0.000000114. The normalized spacial score (nSPS) is 11.7. The topological polar surface area (TPSA) is 223 Å². The van der Waals surface area contributed by atoms with Gasteiger partial charge in [-0.3, -0.25) is 19.9 Å². The second kappa shape index (κ2) is 39.5. The molecule has 2 N–H and O–H groups in total. The Morgan fingerprint density at radius 2 is 0.696 bits per heavy atom. The molecule has 2 unspecified atom stereocenters. The van der Waals surface area contributed by atoms with Crippen LogP contribution in [0.2, 0.25) is 0 Å². The third-order valence-corrected chi connectivity index (χ3v) is 26.0. The number of benzene rings is 16. The van der Waals surface area contributed by atoms with E-state index in [9.17, 15) is 0 Å². The monoisotopic (exact) mass is 2030 g/mol. The first-order valence-corrected chi connectivity index (χ1v) is 46.0. The molecule has 138 heavy (non-hydrogen) atoms. The van der Waals surface area contributed by atoms with Crippen LogP contribution in [0.25, 0.3) is 243 Å². The molecule has 8 bridgehead atoms. The van der Waals surface area contributed by atoms with Crippen LogP contribution >= 0.6 is 11.3 Å². The van der Waals surface area contributed by atoms with Gasteiger partial charge in [0.1, 0.15) is 6.33 Å². The third-order valence-electron chi connectivity index (χ3n) is 24.7. The number of hydrogen-bond acceptors (Lipinski definition) is 15. The van der Waals surface area contributed by atoms with Crippen LogP contribution in [0, 0.1) is 19.9 Å². The van der Waals surface area contributed by atoms with Gasteiger partial charge in [0.2, 0.25) is 0 Å². The van der Waals surface area contributed by atoms with Crippen LogP contribution < -0.4 is 9.97 Å². The number of aliphatic hydroxyl groups is 2. The summed E-state index contributed by atoms with van der Waals surface area (Å²) in [6.45, 7) is 7.49. The molecule has 24 aromatic rings. The second-order valence-electron chi connectivity index (χ2n) is 33.7. The summed E-state index contributed by atoms with van der Waals surface area (Å²) in [6, 6.07) is 130. The van der Waals surface area contributed by atoms with Crippen molar-refractivity contribution in [3.05, 3.63) is 412 Å². The zero-order valence-electron chi connectivity index (χ0n) is 75.1. The minimum atomic E-state index is -0.375. The quantitative estimate of drug-likeness (QED) is 0.0779. The predicted octanol–water partition coefficient (Wildman–Crippen LogP) is 27.9. The van der Waals surface area contributed by atoms with Crippen LogP contribution in [0.4, 0.5) is 0 Å². The first-order chi connectivity index (χ1) is 66.9. The molecule has 16 nitrogen and oxygen atoms in total. The zero-order valence-corrected chi connectivity index (χ0v) is 79.2. The van der Waals surface area contributed by atoms with Gasteiger partial charge in [0.15, 0.2) is 0 Å². The van der Waals surface area contributed by atoms with Crippen molar-refractivity contribution < 1.29 is 47.4 Å². The van der Waals surface area contributed by atoms with Crippen molar-refractivity contribution in [1.29, 1.82) is 0 Å². The number of aliphatic hydroxyl groups excluding tert-OH is 2. The summed E-state index contributed by atoms with van der Waals surface area (Å²) in [7, 11) is 0. The average Bonchev–Trinajstić information content (AvgIpc) is 0.811. The molecule has 8 aromatic heterocycles. The number of fused-ring (bicyclic) bond motifs is 32. The molecule has 0 amide bonds. The average molecular weight is 2030 g/mol. The van der Waals surface area contributed by atoms with Gasteiger partial charge in [-0.05, 0) is 158 Å². The summed E-state index contributed by atoms with van der Waals surface area (Å²) >= 11 is 1.87. The Morgan fingerprint density at radius 1 is 0.304 bits per heavy atom. The van der Waals surface area contributed by atoms with E-state index in [0.29, 0.717) is 52.3 Å². The molecular formula is C119H83CuIrN14O2S-. The summed E-state index contributed by atoms with van der Waals surface area (Å²) in [5.41, 5.74) is 27.5. The number of hydrogen-bond donors (Lipinski definition) is 2. The van der Waals surface area contributed by atoms with E-state index in [4.69, 9.17) is 60.1 Å². The molecule has 19 heteroatoms. The van der Waals surface area contributed by atoms with Crippen LogP contribution in [-0.4, -0.2) is 82.2 Å². The molecule has 0 fully saturated rings. The van der Waals surface area contributed by atoms with Gasteiger partial charge in [0.25, 0.3) is 0 Å². The van der Waals surface area contributed by atoms with Crippen LogP contribution in [0.1, 0.15) is 31.4 Å². The Bertz CT molecular complexity index is 8470. The molecule has 0 saturated carbocycles. The first-order valence-electron chi connectivity index (χ1n) is 45.2. The summed E-state index contributed by atoms with van der Waals surface area (Å²) in [5, 5.41) is 30.3. The van der Waals surface area contributed by atoms with Gasteiger partial charge >= 0.3 is 17.1 Å². The maximum atomic E-state index is 8.56. The van der Waals surface area contributed by atoms with Crippen molar-refractivity contribution in [2.75, 3.05) is 0 Å². The van der Waals surface area contributed by atoms with Crippen molar-refractivity contribution in [3.63, 3.8) is 0 Å². The van der Waals surface area contributed by atoms with Crippen molar-refractivity contribution >= 4 is 130 Å². The van der Waals surface area contributed by atoms with Gasteiger partial charge in [-0.2, -0.15) is 0 Å². The summed E-state index contributed by atoms with van der Waals surface area (Å²) in [6.07, 6.45) is 7.02. The van der Waals surface area contributed by atoms with Gasteiger partial charge in [-0.1, -0.05) is 315 Å². The number of pyridine rings is 2. The van der Waals surface area contributed by atoms with Gasteiger partial charge < -0.3 is 40.1 Å². The molecule has 0 spiro atoms. The smallest absolute Gasteiger partial charge is 0.393 e. The zero-order chi connectivity index (χ0) is 91.7. The molecule has 10 heterocycles. The molecule has 2 aliphatic rings. The van der Waals surface area contributed by atoms with Crippen LogP contribution in [-0.2, 0) is 37.2 Å². The Hall–Kier alpha value is -16.1. The molecule has 668 valence electrons. The summed E-state index contributed by atoms with van der Waals surface area (Å²) < 4.78 is 2.66. The SMILES string of the molecule is CC(O)CC(C)O.Cc1ccccc1-c1ncnc(-c2[c-]cccc2)c1C.[Cu+2].[Ir].c1cc(-c2cccc(-c3cccc4c3sc3ccccc34)c2)cc(-c2cnc3c4ccccc4c4ccccc4c3n2)c1.c1ccc(-c2ccnc3c2ccc2c(-c4ccccc4)ccnc23)cc1.c1ccc2c(c1)-c1nc-2nc2[n-]c(nc3nc(nc4[n-]c(n1)c1ccccc41)-c1ccccc1-3)c1ccccc21. The van der Waals surface area contributed by atoms with E-state index in [1.54, 1.807) is 20.2 Å². The number of nitrogens with zero attached hydrogens (tertiary/aromatic N) is 14. The van der Waals surface area contributed by atoms with Crippen LogP contribution in [0.5, 0.6) is 0 Å². The minimum absolute atomic E-state index is 0. The number of aryl methyl sites for hydroxylation is 1. The fraction of sp³-hybridized carbons (Fsp3) is 0.0588. The Morgan fingerprint density at radius 3 is 1.19 bits per heavy atom. The van der Waals surface area contributed by atoms with Crippen molar-refractivity contribution in [2.24, 2.45) is 0 Å². The summed E-state index contributed by atoms with van der Waals surface area (Å²) in [5.74, 6) is 2.21. The minimum Gasteiger partial charge on any atom is -0.393 e. The molecule has 2 atom stereocenters. The second-order valence-corrected chi connectivity index (χ2v) is 34.7. The van der Waals surface area contributed by atoms with Crippen molar-refractivity contribution in [1.82, 2.24) is 69.8 Å². The van der Waals surface area contributed by atoms with Crippen molar-refractivity contribution in [3.8, 4) is 124 Å². The maximum Gasteiger partial charge on any atom is 2.00 e. The van der Waals surface area contributed by atoms with Gasteiger partial charge in [0.05, 0.1) is 75.2 Å². The van der Waals surface area contributed by atoms with E-state index >= 15 is 0 Å². The van der Waals surface area contributed by atoms with E-state index in [1.165, 1.54) is 75.5 Å². The van der Waals surface area contributed by atoms with Gasteiger partial charge in [0, 0.05) is 130 Å². The molecular weight excluding hydrogens is 1950 g/mol. The summed E-state index contributed by atoms with van der Waals surface area (Å²) in [4.78, 5) is 67.7. The van der Waals surface area contributed by atoms with Crippen LogP contribution in [0.3, 0.4) is 0 Å². The largest absolute Gasteiger partial charge is 2.00 e. The maximum absolute atomic E-state index is 8.56. The Labute approximate surface area is 823 Å². The molecule has 2 radical (unpaired) electrons. The van der Waals surface area contributed by atoms with Gasteiger partial charge in [-0.25, -0.2) is 19.9 Å². The number of thiophene rings is 1. The molecule has 16 aromatic carbocycles. The fourth-order valence-electron chi connectivity index (χ4n) is 18.4. The number of rotatable bonds is 9. The number of aromatic nitrogens is 14. The fourth-order valence-corrected chi connectivity index (χ4v) is 19.6. The van der Waals surface area contributed by atoms with E-state index in [0.717, 1.165) is 132 Å². The van der Waals surface area contributed by atoms with E-state index in [-0.39, 0.29) is 49.4 Å². The van der Waals surface area contributed by atoms with Crippen molar-refractivity contribution in [2.45, 2.75) is 46.3 Å². The standard InChI is InChI=1S/C40H24N2S.C32H16N8.C24H16N2.C18H15N2.C5H12O2.Cu.Ir/c1-3-17-33-30(14-1)31-15-2-4-18-34(31)39-38(33)41-24-36(42-39)28-13-8-11-26(23-28)25-10-7-12-27(22-25)29-19-9-20-35-32-16-5-6-21-37(32)43-40(29)35;1-2-10-18-17(9-1)25-33-26(18)38-28-21-13-5-6-14-22(21)30(35-28)40-32-24-16-8-7-15-23(24)31(36-32)39-29-20-12-4-3-11-19(20)27(34-29)37-25;1-3-7-17(8-4-1)19-13-15-25-23-21(19)11-12-22-20(14-16-26-24(22)23)18-9-5-2-6-10-18;1-13-8-6-7-11-16(13)18-14(2)17(19-12-20-18)15-9-4-3-5-10-15;1-4(6)3-5(2)7;;/h1-24H;1-16H;1-16H;3-9,11-12H,1-2H3;4-7H,3H2,1-2H3;;/q;-2;;-1;;+2;. The van der Waals surface area contributed by atoms with E-state index in [1.807, 2.05) is 176 Å². The molecule has 0 saturated heterocycles. The third kappa shape index (κ3) is 17.7. The van der Waals surface area contributed by atoms with E-state index < -0.39 is 0 Å².